The van der Waals surface area contributed by atoms with Gasteiger partial charge in [0.15, 0.2) is 0 Å². The van der Waals surface area contributed by atoms with E-state index in [-0.39, 0.29) is 11.8 Å². The number of nitrogens with two attached hydrogens (primary N) is 1. The Morgan fingerprint density at radius 2 is 2.00 bits per heavy atom. The molecule has 0 saturated heterocycles. The van der Waals surface area contributed by atoms with Gasteiger partial charge in [-0.2, -0.15) is 11.8 Å². The smallest absolute Gasteiger partial charge is 0.237 e. The first-order chi connectivity index (χ1) is 6.02. The molecule has 3 unspecified atom stereocenters. The molecule has 3 nitrogen and oxygen atoms in total. The van der Waals surface area contributed by atoms with Crippen LogP contribution >= 0.6 is 11.8 Å². The summed E-state index contributed by atoms with van der Waals surface area (Å²) >= 11 is 1.83. The summed E-state index contributed by atoms with van der Waals surface area (Å²) in [6.07, 6.45) is 1.13. The van der Waals surface area contributed by atoms with Gasteiger partial charge in [-0.3, -0.25) is 10.2 Å². The van der Waals surface area contributed by atoms with Crippen molar-refractivity contribution in [2.24, 2.45) is 11.8 Å². The van der Waals surface area contributed by atoms with Crippen molar-refractivity contribution in [3.63, 3.8) is 0 Å². The van der Waals surface area contributed by atoms with Crippen molar-refractivity contribution >= 4 is 17.7 Å². The lowest BCUT2D eigenvalue weighted by Gasteiger charge is -2.20. The van der Waals surface area contributed by atoms with E-state index in [9.17, 15) is 4.79 Å². The first-order valence-electron chi connectivity index (χ1n) is 4.68. The summed E-state index contributed by atoms with van der Waals surface area (Å²) in [5, 5.41) is 0.918. The third-order valence-corrected chi connectivity index (χ3v) is 3.92. The predicted molar refractivity (Wildman–Crippen MR) is 58.3 cm³/mol. The zero-order valence-electron chi connectivity index (χ0n) is 8.83. The SMILES string of the molecule is CCC(C)SC(C)C(C)C(=O)NN. The number of carbonyl (C=O) groups is 1. The summed E-state index contributed by atoms with van der Waals surface area (Å²) in [6, 6.07) is 0. The van der Waals surface area contributed by atoms with Gasteiger partial charge in [0.1, 0.15) is 0 Å². The Labute approximate surface area is 84.8 Å². The molecule has 0 fully saturated rings. The molecule has 3 N–H and O–H groups in total. The predicted octanol–water partition coefficient (Wildman–Crippen LogP) is 1.53. The van der Waals surface area contributed by atoms with E-state index in [1.54, 1.807) is 0 Å². The van der Waals surface area contributed by atoms with E-state index in [1.807, 2.05) is 18.7 Å². The maximum Gasteiger partial charge on any atom is 0.237 e. The molecular formula is C9H20N2OS. The van der Waals surface area contributed by atoms with Crippen LogP contribution in [0, 0.1) is 5.92 Å². The highest BCUT2D eigenvalue weighted by Crippen LogP contribution is 2.25. The summed E-state index contributed by atoms with van der Waals surface area (Å²) in [6.45, 7) is 8.30. The van der Waals surface area contributed by atoms with Crippen LogP contribution in [0.25, 0.3) is 0 Å². The molecular weight excluding hydrogens is 184 g/mol. The number of hydrazine groups is 1. The number of nitrogens with one attached hydrogen (secondary N) is 1. The van der Waals surface area contributed by atoms with E-state index in [0.29, 0.717) is 10.5 Å². The molecule has 1 amide bonds. The maximum atomic E-state index is 11.2. The minimum Gasteiger partial charge on any atom is -0.294 e. The third-order valence-electron chi connectivity index (χ3n) is 2.28. The van der Waals surface area contributed by atoms with E-state index in [4.69, 9.17) is 5.84 Å². The molecule has 3 atom stereocenters. The van der Waals surface area contributed by atoms with Crippen molar-refractivity contribution in [3.05, 3.63) is 0 Å². The quantitative estimate of drug-likeness (QED) is 0.406. The van der Waals surface area contributed by atoms with Gasteiger partial charge in [0.05, 0.1) is 0 Å². The lowest BCUT2D eigenvalue weighted by atomic mass is 10.1. The Morgan fingerprint density at radius 3 is 2.38 bits per heavy atom. The number of hydrogen-bond donors (Lipinski definition) is 2. The molecule has 0 aromatic heterocycles. The fraction of sp³-hybridized carbons (Fsp3) is 0.889. The van der Waals surface area contributed by atoms with Crippen LogP contribution < -0.4 is 11.3 Å². The molecule has 0 spiro atoms. The van der Waals surface area contributed by atoms with Gasteiger partial charge < -0.3 is 0 Å². The zero-order valence-corrected chi connectivity index (χ0v) is 9.65. The average molecular weight is 204 g/mol. The van der Waals surface area contributed by atoms with Gasteiger partial charge in [-0.05, 0) is 6.42 Å². The normalized spacial score (nSPS) is 17.6. The molecule has 0 aliphatic carbocycles. The number of amides is 1. The van der Waals surface area contributed by atoms with Gasteiger partial charge in [-0.15, -0.1) is 0 Å². The minimum atomic E-state index is -0.0803. The highest BCUT2D eigenvalue weighted by Gasteiger charge is 2.20. The standard InChI is InChI=1S/C9H20N2OS/c1-5-6(2)13-8(4)7(3)9(12)11-10/h6-8H,5,10H2,1-4H3,(H,11,12). The molecule has 0 aliphatic heterocycles. The highest BCUT2D eigenvalue weighted by atomic mass is 32.2. The van der Waals surface area contributed by atoms with Crippen LogP contribution in [-0.4, -0.2) is 16.4 Å². The Kier molecular flexibility index (Phi) is 6.16. The van der Waals surface area contributed by atoms with Crippen molar-refractivity contribution < 1.29 is 4.79 Å². The van der Waals surface area contributed by atoms with Gasteiger partial charge in [0, 0.05) is 16.4 Å². The second-order valence-electron chi connectivity index (χ2n) is 3.36. The summed E-state index contributed by atoms with van der Waals surface area (Å²) < 4.78 is 0. The molecule has 0 saturated carbocycles. The second-order valence-corrected chi connectivity index (χ2v) is 5.18. The van der Waals surface area contributed by atoms with Crippen LogP contribution in [0.2, 0.25) is 0 Å². The molecule has 4 heteroatoms. The summed E-state index contributed by atoms with van der Waals surface area (Å²) in [5.74, 6) is 4.96. The van der Waals surface area contributed by atoms with Crippen LogP contribution in [0.3, 0.4) is 0 Å². The first-order valence-corrected chi connectivity index (χ1v) is 5.63. The van der Waals surface area contributed by atoms with Crippen LogP contribution in [0.1, 0.15) is 34.1 Å². The van der Waals surface area contributed by atoms with Crippen LogP contribution in [0.15, 0.2) is 0 Å². The van der Waals surface area contributed by atoms with Crippen LogP contribution in [0.5, 0.6) is 0 Å². The zero-order chi connectivity index (χ0) is 10.4. The summed E-state index contributed by atoms with van der Waals surface area (Å²) in [4.78, 5) is 11.2. The maximum absolute atomic E-state index is 11.2. The minimum absolute atomic E-state index is 0.0241. The monoisotopic (exact) mass is 204 g/mol. The Morgan fingerprint density at radius 1 is 1.46 bits per heavy atom. The van der Waals surface area contributed by atoms with Crippen molar-refractivity contribution in [3.8, 4) is 0 Å². The molecule has 0 rings (SSSR count). The molecule has 13 heavy (non-hydrogen) atoms. The van der Waals surface area contributed by atoms with E-state index in [1.165, 1.54) is 0 Å². The number of rotatable bonds is 5. The van der Waals surface area contributed by atoms with Gasteiger partial charge in [0.2, 0.25) is 5.91 Å². The van der Waals surface area contributed by atoms with Crippen molar-refractivity contribution in [1.82, 2.24) is 5.43 Å². The molecule has 0 aliphatic rings. The number of thioether (sulfide) groups is 1. The molecule has 0 aromatic carbocycles. The fourth-order valence-corrected chi connectivity index (χ4v) is 2.21. The van der Waals surface area contributed by atoms with Crippen molar-refractivity contribution in [2.45, 2.75) is 44.6 Å². The largest absolute Gasteiger partial charge is 0.294 e. The molecule has 0 bridgehead atoms. The number of hydrogen-bond acceptors (Lipinski definition) is 3. The van der Waals surface area contributed by atoms with E-state index in [2.05, 4.69) is 26.2 Å². The van der Waals surface area contributed by atoms with Crippen LogP contribution in [-0.2, 0) is 4.79 Å². The second kappa shape index (κ2) is 6.27. The lowest BCUT2D eigenvalue weighted by molar-refractivity contribution is -0.124. The average Bonchev–Trinajstić information content (AvgIpc) is 2.14. The van der Waals surface area contributed by atoms with Gasteiger partial charge in [-0.1, -0.05) is 27.7 Å². The van der Waals surface area contributed by atoms with Crippen molar-refractivity contribution in [2.75, 3.05) is 0 Å². The molecule has 0 heterocycles. The lowest BCUT2D eigenvalue weighted by Crippen LogP contribution is -2.38. The first kappa shape index (κ1) is 12.8. The molecule has 78 valence electrons. The van der Waals surface area contributed by atoms with Gasteiger partial charge in [0.25, 0.3) is 0 Å². The Bertz CT molecular complexity index is 164. The Balaban J connectivity index is 3.95. The third kappa shape index (κ3) is 4.52. The topological polar surface area (TPSA) is 55.1 Å². The van der Waals surface area contributed by atoms with Crippen LogP contribution in [0.4, 0.5) is 0 Å². The van der Waals surface area contributed by atoms with Crippen molar-refractivity contribution in [1.29, 1.82) is 0 Å². The Hall–Kier alpha value is -0.220. The van der Waals surface area contributed by atoms with Gasteiger partial charge in [-0.25, -0.2) is 5.84 Å². The van der Waals surface area contributed by atoms with Gasteiger partial charge >= 0.3 is 0 Å². The summed E-state index contributed by atoms with van der Waals surface area (Å²) in [7, 11) is 0. The number of carbonyl (C=O) groups excluding carboxylic acids is 1. The highest BCUT2D eigenvalue weighted by molar-refractivity contribution is 8.00. The molecule has 0 radical (unpaired) electrons. The van der Waals surface area contributed by atoms with E-state index >= 15 is 0 Å². The van der Waals surface area contributed by atoms with E-state index < -0.39 is 0 Å². The fourth-order valence-electron chi connectivity index (χ4n) is 0.925. The van der Waals surface area contributed by atoms with E-state index in [0.717, 1.165) is 6.42 Å². The summed E-state index contributed by atoms with van der Waals surface area (Å²) in [5.41, 5.74) is 2.18. The molecule has 0 aromatic rings.